The first kappa shape index (κ1) is 14.2. The summed E-state index contributed by atoms with van der Waals surface area (Å²) in [5.41, 5.74) is 1.67. The fourth-order valence-electron chi connectivity index (χ4n) is 1.70. The molecule has 0 aliphatic heterocycles. The van der Waals surface area contributed by atoms with Crippen molar-refractivity contribution in [2.45, 2.75) is 11.8 Å². The first-order valence-corrected chi connectivity index (χ1v) is 7.42. The Bertz CT molecular complexity index is 740. The number of nitrogens with two attached hydrogens (primary N) is 1. The minimum Gasteiger partial charge on any atom is -0.322 e. The maximum atomic E-state index is 12.0. The second kappa shape index (κ2) is 5.44. The zero-order valence-corrected chi connectivity index (χ0v) is 11.6. The molecule has 1 amide bonds. The second-order valence-electron chi connectivity index (χ2n) is 4.34. The van der Waals surface area contributed by atoms with E-state index in [1.165, 1.54) is 12.1 Å². The monoisotopic (exact) mass is 290 g/mol. The molecule has 0 saturated heterocycles. The van der Waals surface area contributed by atoms with Crippen molar-refractivity contribution in [3.05, 3.63) is 59.7 Å². The second-order valence-corrected chi connectivity index (χ2v) is 5.90. The molecule has 0 bridgehead atoms. The Hall–Kier alpha value is -2.18. The molecule has 2 rings (SSSR count). The fourth-order valence-corrected chi connectivity index (χ4v) is 2.24. The highest BCUT2D eigenvalue weighted by Crippen LogP contribution is 2.20. The van der Waals surface area contributed by atoms with E-state index in [0.717, 1.165) is 5.56 Å². The van der Waals surface area contributed by atoms with Gasteiger partial charge in [0.15, 0.2) is 0 Å². The summed E-state index contributed by atoms with van der Waals surface area (Å²) in [6.07, 6.45) is 0. The van der Waals surface area contributed by atoms with E-state index in [4.69, 9.17) is 5.14 Å². The van der Waals surface area contributed by atoms with Crippen LogP contribution in [-0.4, -0.2) is 14.3 Å². The lowest BCUT2D eigenvalue weighted by Crippen LogP contribution is -2.15. The number of benzene rings is 2. The van der Waals surface area contributed by atoms with Gasteiger partial charge in [0, 0.05) is 11.3 Å². The molecule has 104 valence electrons. The Balaban J connectivity index is 2.32. The molecule has 2 aromatic rings. The molecule has 0 unspecified atom stereocenters. The van der Waals surface area contributed by atoms with Crippen molar-refractivity contribution >= 4 is 21.6 Å². The first-order chi connectivity index (χ1) is 9.38. The van der Waals surface area contributed by atoms with Crippen LogP contribution in [0.3, 0.4) is 0 Å². The van der Waals surface area contributed by atoms with Crippen LogP contribution in [0.2, 0.25) is 0 Å². The predicted molar refractivity (Wildman–Crippen MR) is 76.9 cm³/mol. The van der Waals surface area contributed by atoms with Crippen LogP contribution in [0.25, 0.3) is 0 Å². The summed E-state index contributed by atoms with van der Waals surface area (Å²) in [4.78, 5) is 12.0. The number of hydrogen-bond acceptors (Lipinski definition) is 3. The Labute approximate surface area is 117 Å². The van der Waals surface area contributed by atoms with E-state index >= 15 is 0 Å². The summed E-state index contributed by atoms with van der Waals surface area (Å²) in [6, 6.07) is 13.0. The summed E-state index contributed by atoms with van der Waals surface area (Å²) in [6.45, 7) is 1.77. The van der Waals surface area contributed by atoms with Gasteiger partial charge in [-0.25, -0.2) is 13.6 Å². The molecular weight excluding hydrogens is 276 g/mol. The average molecular weight is 290 g/mol. The highest BCUT2D eigenvalue weighted by Gasteiger charge is 2.12. The molecule has 0 aliphatic rings. The van der Waals surface area contributed by atoms with Gasteiger partial charge in [0.1, 0.15) is 0 Å². The molecule has 2 aromatic carbocycles. The van der Waals surface area contributed by atoms with Crippen molar-refractivity contribution in [2.24, 2.45) is 5.14 Å². The molecule has 0 saturated carbocycles. The van der Waals surface area contributed by atoms with Gasteiger partial charge >= 0.3 is 0 Å². The predicted octanol–water partition coefficient (Wildman–Crippen LogP) is 1.89. The van der Waals surface area contributed by atoms with E-state index in [1.54, 1.807) is 37.3 Å². The molecular formula is C14H14N2O3S. The normalized spacial score (nSPS) is 11.1. The maximum absolute atomic E-state index is 12.0. The third-order valence-electron chi connectivity index (χ3n) is 2.82. The molecule has 6 heteroatoms. The quantitative estimate of drug-likeness (QED) is 0.904. The lowest BCUT2D eigenvalue weighted by Gasteiger charge is -2.10. The minimum atomic E-state index is -3.79. The van der Waals surface area contributed by atoms with Crippen molar-refractivity contribution in [1.82, 2.24) is 0 Å². The smallest absolute Gasteiger partial charge is 0.255 e. The van der Waals surface area contributed by atoms with Crippen LogP contribution in [0, 0.1) is 6.92 Å². The highest BCUT2D eigenvalue weighted by atomic mass is 32.2. The number of rotatable bonds is 3. The lowest BCUT2D eigenvalue weighted by molar-refractivity contribution is 0.102. The zero-order valence-electron chi connectivity index (χ0n) is 10.8. The van der Waals surface area contributed by atoms with E-state index in [2.05, 4.69) is 5.32 Å². The molecule has 0 heterocycles. The van der Waals surface area contributed by atoms with Crippen molar-refractivity contribution in [3.63, 3.8) is 0 Å². The average Bonchev–Trinajstić information content (AvgIpc) is 2.41. The number of sulfonamides is 1. The molecule has 20 heavy (non-hydrogen) atoms. The number of carbonyl (C=O) groups excluding carboxylic acids is 1. The van der Waals surface area contributed by atoms with Gasteiger partial charge in [-0.3, -0.25) is 4.79 Å². The van der Waals surface area contributed by atoms with E-state index in [9.17, 15) is 13.2 Å². The van der Waals surface area contributed by atoms with E-state index in [-0.39, 0.29) is 10.8 Å². The minimum absolute atomic E-state index is 0.0357. The molecule has 0 aliphatic carbocycles. The third-order valence-corrected chi connectivity index (χ3v) is 3.73. The van der Waals surface area contributed by atoms with Gasteiger partial charge in [-0.05, 0) is 36.8 Å². The molecule has 3 N–H and O–H groups in total. The van der Waals surface area contributed by atoms with Crippen molar-refractivity contribution in [1.29, 1.82) is 0 Å². The van der Waals surface area contributed by atoms with Gasteiger partial charge in [0.25, 0.3) is 5.91 Å². The Kier molecular flexibility index (Phi) is 3.87. The summed E-state index contributed by atoms with van der Waals surface area (Å²) >= 11 is 0. The molecule has 0 atom stereocenters. The Morgan fingerprint density at radius 2 is 1.75 bits per heavy atom. The van der Waals surface area contributed by atoms with Gasteiger partial charge in [-0.15, -0.1) is 0 Å². The number of hydrogen-bond donors (Lipinski definition) is 2. The summed E-state index contributed by atoms with van der Waals surface area (Å²) in [7, 11) is -3.79. The van der Waals surface area contributed by atoms with Crippen LogP contribution < -0.4 is 10.5 Å². The molecule has 0 spiro atoms. The van der Waals surface area contributed by atoms with Gasteiger partial charge in [-0.2, -0.15) is 0 Å². The van der Waals surface area contributed by atoms with Gasteiger partial charge < -0.3 is 5.32 Å². The van der Waals surface area contributed by atoms with Crippen LogP contribution >= 0.6 is 0 Å². The van der Waals surface area contributed by atoms with Gasteiger partial charge in [0.2, 0.25) is 10.0 Å². The van der Waals surface area contributed by atoms with Crippen LogP contribution in [0.1, 0.15) is 15.9 Å². The Morgan fingerprint density at radius 3 is 2.35 bits per heavy atom. The first-order valence-electron chi connectivity index (χ1n) is 5.88. The van der Waals surface area contributed by atoms with Crippen LogP contribution in [0.15, 0.2) is 53.4 Å². The lowest BCUT2D eigenvalue weighted by atomic mass is 10.1. The number of nitrogens with one attached hydrogen (secondary N) is 1. The largest absolute Gasteiger partial charge is 0.322 e. The third kappa shape index (κ3) is 3.23. The zero-order chi connectivity index (χ0) is 14.8. The van der Waals surface area contributed by atoms with Crippen LogP contribution in [0.4, 0.5) is 5.69 Å². The summed E-state index contributed by atoms with van der Waals surface area (Å²) in [5, 5.41) is 7.76. The van der Waals surface area contributed by atoms with Crippen molar-refractivity contribution in [3.8, 4) is 0 Å². The van der Waals surface area contributed by atoms with Gasteiger partial charge in [0.05, 0.1) is 4.90 Å². The highest BCUT2D eigenvalue weighted by molar-refractivity contribution is 7.89. The van der Waals surface area contributed by atoms with E-state index in [0.29, 0.717) is 11.3 Å². The number of amides is 1. The van der Waals surface area contributed by atoms with Gasteiger partial charge in [-0.1, -0.05) is 24.3 Å². The molecule has 0 aromatic heterocycles. The molecule has 0 radical (unpaired) electrons. The van der Waals surface area contributed by atoms with Crippen molar-refractivity contribution < 1.29 is 13.2 Å². The van der Waals surface area contributed by atoms with Crippen LogP contribution in [0.5, 0.6) is 0 Å². The SMILES string of the molecule is Cc1ccc(S(N)(=O)=O)cc1NC(=O)c1ccccc1. The number of aryl methyl sites for hydroxylation is 1. The number of anilines is 1. The Morgan fingerprint density at radius 1 is 1.10 bits per heavy atom. The van der Waals surface area contributed by atoms with Crippen molar-refractivity contribution in [2.75, 3.05) is 5.32 Å². The molecule has 0 fully saturated rings. The number of carbonyl (C=O) groups is 1. The maximum Gasteiger partial charge on any atom is 0.255 e. The van der Waals surface area contributed by atoms with Crippen LogP contribution in [-0.2, 0) is 10.0 Å². The summed E-state index contributed by atoms with van der Waals surface area (Å²) in [5.74, 6) is -0.305. The van der Waals surface area contributed by atoms with E-state index in [1.807, 2.05) is 6.07 Å². The molecule has 5 nitrogen and oxygen atoms in total. The standard InChI is InChI=1S/C14H14N2O3S/c1-10-7-8-12(20(15,18)19)9-13(10)16-14(17)11-5-3-2-4-6-11/h2-9H,1H3,(H,16,17)(H2,15,18,19). The summed E-state index contributed by atoms with van der Waals surface area (Å²) < 4.78 is 22.6. The van der Waals surface area contributed by atoms with E-state index < -0.39 is 10.0 Å². The topological polar surface area (TPSA) is 89.3 Å². The fraction of sp³-hybridized carbons (Fsp3) is 0.0714. The number of primary sulfonamides is 1.